The fraction of sp³-hybridized carbons (Fsp3) is 0.600. The van der Waals surface area contributed by atoms with Crippen LogP contribution in [0.15, 0.2) is 18.5 Å². The van der Waals surface area contributed by atoms with Crippen LogP contribution in [0.4, 0.5) is 5.69 Å². The van der Waals surface area contributed by atoms with Crippen molar-refractivity contribution in [3.8, 4) is 6.07 Å². The number of rotatable bonds is 3. The zero-order chi connectivity index (χ0) is 12.5. The molecule has 1 N–H and O–H groups in total. The smallest absolute Gasteiger partial charge is 0.101 e. The second-order valence-corrected chi connectivity index (χ2v) is 5.80. The number of nitrogens with one attached hydrogen (secondary N) is 1. The van der Waals surface area contributed by atoms with Crippen molar-refractivity contribution >= 4 is 5.69 Å². The minimum atomic E-state index is 0.441. The summed E-state index contributed by atoms with van der Waals surface area (Å²) in [6.07, 6.45) is 9.06. The van der Waals surface area contributed by atoms with Crippen molar-refractivity contribution in [3.05, 3.63) is 24.0 Å². The van der Waals surface area contributed by atoms with E-state index in [1.54, 1.807) is 18.5 Å². The molecule has 0 saturated heterocycles. The highest BCUT2D eigenvalue weighted by atomic mass is 14.9. The normalized spacial score (nSPS) is 31.0. The summed E-state index contributed by atoms with van der Waals surface area (Å²) in [4.78, 5) is 4.11. The Bertz CT molecular complexity index is 477. The third-order valence-corrected chi connectivity index (χ3v) is 4.76. The Balaban J connectivity index is 1.71. The van der Waals surface area contributed by atoms with Crippen molar-refractivity contribution in [3.63, 3.8) is 0 Å². The third kappa shape index (κ3) is 1.96. The molecule has 0 spiro atoms. The zero-order valence-corrected chi connectivity index (χ0v) is 10.8. The van der Waals surface area contributed by atoms with E-state index in [9.17, 15) is 0 Å². The number of hydrogen-bond acceptors (Lipinski definition) is 3. The molecule has 18 heavy (non-hydrogen) atoms. The molecule has 2 aliphatic rings. The van der Waals surface area contributed by atoms with Gasteiger partial charge in [-0.1, -0.05) is 6.42 Å². The van der Waals surface area contributed by atoms with Gasteiger partial charge in [-0.25, -0.2) is 0 Å². The molecule has 2 aliphatic carbocycles. The van der Waals surface area contributed by atoms with Gasteiger partial charge < -0.3 is 5.32 Å². The molecule has 3 nitrogen and oxygen atoms in total. The number of hydrogen-bond donors (Lipinski definition) is 1. The van der Waals surface area contributed by atoms with Gasteiger partial charge >= 0.3 is 0 Å². The van der Waals surface area contributed by atoms with Crippen LogP contribution in [-0.2, 0) is 0 Å². The number of fused-ring (bicyclic) bond motifs is 2. The first-order valence-corrected chi connectivity index (χ1v) is 6.88. The molecule has 3 heteroatoms. The minimum absolute atomic E-state index is 0.441. The summed E-state index contributed by atoms with van der Waals surface area (Å²) in [5.74, 6) is 2.64. The van der Waals surface area contributed by atoms with Gasteiger partial charge in [0.05, 0.1) is 17.4 Å². The lowest BCUT2D eigenvalue weighted by atomic mass is 9.84. The topological polar surface area (TPSA) is 48.7 Å². The Labute approximate surface area is 108 Å². The van der Waals surface area contributed by atoms with E-state index < -0.39 is 0 Å². The largest absolute Gasteiger partial charge is 0.380 e. The molecule has 2 fully saturated rings. The van der Waals surface area contributed by atoms with Crippen LogP contribution in [0.5, 0.6) is 0 Å². The molecule has 2 bridgehead atoms. The highest BCUT2D eigenvalue weighted by Gasteiger charge is 2.41. The Kier molecular flexibility index (Phi) is 2.95. The molecule has 4 atom stereocenters. The first-order valence-electron chi connectivity index (χ1n) is 6.88. The van der Waals surface area contributed by atoms with Crippen LogP contribution in [0.3, 0.4) is 0 Å². The molecular weight excluding hydrogens is 222 g/mol. The van der Waals surface area contributed by atoms with Gasteiger partial charge in [-0.2, -0.15) is 5.26 Å². The van der Waals surface area contributed by atoms with Gasteiger partial charge in [0, 0.05) is 12.2 Å². The molecule has 1 aromatic heterocycles. The Morgan fingerprint density at radius 2 is 2.33 bits per heavy atom. The van der Waals surface area contributed by atoms with E-state index in [1.165, 1.54) is 25.7 Å². The van der Waals surface area contributed by atoms with Gasteiger partial charge in [0.2, 0.25) is 0 Å². The highest BCUT2D eigenvalue weighted by molar-refractivity contribution is 5.55. The summed E-state index contributed by atoms with van der Waals surface area (Å²) in [6.45, 7) is 2.25. The summed E-state index contributed by atoms with van der Waals surface area (Å²) in [6, 6.07) is 4.44. The van der Waals surface area contributed by atoms with Crippen LogP contribution < -0.4 is 5.32 Å². The van der Waals surface area contributed by atoms with E-state index in [0.717, 1.165) is 23.4 Å². The molecule has 3 rings (SSSR count). The molecule has 1 heterocycles. The van der Waals surface area contributed by atoms with Gasteiger partial charge in [-0.15, -0.1) is 0 Å². The van der Waals surface area contributed by atoms with Crippen molar-refractivity contribution in [2.75, 3.05) is 5.32 Å². The lowest BCUT2D eigenvalue weighted by molar-refractivity contribution is 0.304. The number of nitriles is 1. The van der Waals surface area contributed by atoms with Gasteiger partial charge in [0.1, 0.15) is 6.07 Å². The van der Waals surface area contributed by atoms with Crippen LogP contribution in [-0.4, -0.2) is 11.0 Å². The second kappa shape index (κ2) is 4.61. The molecular formula is C15H19N3. The van der Waals surface area contributed by atoms with Crippen LogP contribution >= 0.6 is 0 Å². The monoisotopic (exact) mass is 241 g/mol. The predicted octanol–water partition coefficient (Wildman–Crippen LogP) is 3.19. The molecule has 0 radical (unpaired) electrons. The Morgan fingerprint density at radius 3 is 3.00 bits per heavy atom. The number of nitrogens with zero attached hydrogens (tertiary/aromatic N) is 2. The third-order valence-electron chi connectivity index (χ3n) is 4.76. The van der Waals surface area contributed by atoms with E-state index in [0.29, 0.717) is 11.6 Å². The number of pyridine rings is 1. The van der Waals surface area contributed by atoms with Crippen molar-refractivity contribution in [2.24, 2.45) is 17.8 Å². The van der Waals surface area contributed by atoms with E-state index >= 15 is 0 Å². The summed E-state index contributed by atoms with van der Waals surface area (Å²) in [5, 5.41) is 12.6. The van der Waals surface area contributed by atoms with Crippen LogP contribution in [0, 0.1) is 29.1 Å². The van der Waals surface area contributed by atoms with E-state index in [1.807, 2.05) is 0 Å². The lowest BCUT2D eigenvalue weighted by Gasteiger charge is -2.29. The average Bonchev–Trinajstić information content (AvgIpc) is 3.01. The number of anilines is 1. The van der Waals surface area contributed by atoms with Crippen molar-refractivity contribution < 1.29 is 0 Å². The second-order valence-electron chi connectivity index (χ2n) is 5.80. The van der Waals surface area contributed by atoms with E-state index in [4.69, 9.17) is 5.26 Å². The summed E-state index contributed by atoms with van der Waals surface area (Å²) < 4.78 is 0. The van der Waals surface area contributed by atoms with Gasteiger partial charge in [0.25, 0.3) is 0 Å². The van der Waals surface area contributed by atoms with Crippen molar-refractivity contribution in [2.45, 2.75) is 38.6 Å². The molecule has 94 valence electrons. The maximum absolute atomic E-state index is 9.08. The summed E-state index contributed by atoms with van der Waals surface area (Å²) >= 11 is 0. The van der Waals surface area contributed by atoms with E-state index in [-0.39, 0.29) is 0 Å². The standard InChI is InChI=1S/C15H19N3/c1-10(14-7-11-2-3-12(14)6-11)18-15-9-17-5-4-13(15)8-16/h4-5,9-12,14,18H,2-3,6-7H2,1H3. The predicted molar refractivity (Wildman–Crippen MR) is 71.0 cm³/mol. The van der Waals surface area contributed by atoms with E-state index in [2.05, 4.69) is 23.3 Å². The molecule has 0 aliphatic heterocycles. The maximum atomic E-state index is 9.08. The lowest BCUT2D eigenvalue weighted by Crippen LogP contribution is -2.30. The fourth-order valence-corrected chi connectivity index (χ4v) is 3.87. The minimum Gasteiger partial charge on any atom is -0.380 e. The summed E-state index contributed by atoms with van der Waals surface area (Å²) in [7, 11) is 0. The fourth-order valence-electron chi connectivity index (χ4n) is 3.87. The van der Waals surface area contributed by atoms with Crippen LogP contribution in [0.2, 0.25) is 0 Å². The van der Waals surface area contributed by atoms with Gasteiger partial charge in [-0.3, -0.25) is 4.98 Å². The molecule has 1 aromatic rings. The molecule has 4 unspecified atom stereocenters. The first-order chi connectivity index (χ1) is 8.78. The maximum Gasteiger partial charge on any atom is 0.101 e. The molecule has 2 saturated carbocycles. The highest BCUT2D eigenvalue weighted by Crippen LogP contribution is 2.49. The summed E-state index contributed by atoms with van der Waals surface area (Å²) in [5.41, 5.74) is 1.58. The molecule has 0 aromatic carbocycles. The van der Waals surface area contributed by atoms with Crippen LogP contribution in [0.1, 0.15) is 38.2 Å². The zero-order valence-electron chi connectivity index (χ0n) is 10.8. The Hall–Kier alpha value is -1.56. The van der Waals surface area contributed by atoms with Crippen LogP contribution in [0.25, 0.3) is 0 Å². The number of aromatic nitrogens is 1. The molecule has 0 amide bonds. The van der Waals surface area contributed by atoms with Crippen molar-refractivity contribution in [1.29, 1.82) is 5.26 Å². The van der Waals surface area contributed by atoms with Gasteiger partial charge in [0.15, 0.2) is 0 Å². The first kappa shape index (κ1) is 11.5. The average molecular weight is 241 g/mol. The van der Waals surface area contributed by atoms with Gasteiger partial charge in [-0.05, 0) is 50.0 Å². The van der Waals surface area contributed by atoms with Crippen molar-refractivity contribution in [1.82, 2.24) is 4.98 Å². The SMILES string of the molecule is CC(Nc1cnccc1C#N)C1CC2CCC1C2. The Morgan fingerprint density at radius 1 is 1.44 bits per heavy atom. The quantitative estimate of drug-likeness (QED) is 0.884.